The standard InChI is InChI=1S/C12H17FN2O3/c1-3-12(2,8-16)7-14-11-5-4-9(15(17)18)6-10(11)13/h4-6,14,16H,3,7-8H2,1-2H3. The van der Waals surface area contributed by atoms with E-state index >= 15 is 0 Å². The third-order valence-electron chi connectivity index (χ3n) is 3.10. The van der Waals surface area contributed by atoms with Gasteiger partial charge in [0.05, 0.1) is 23.3 Å². The second-order valence-electron chi connectivity index (χ2n) is 4.60. The van der Waals surface area contributed by atoms with E-state index in [9.17, 15) is 19.6 Å². The van der Waals surface area contributed by atoms with Crippen LogP contribution in [-0.4, -0.2) is 23.2 Å². The topological polar surface area (TPSA) is 75.4 Å². The Hall–Kier alpha value is -1.69. The second kappa shape index (κ2) is 5.77. The molecule has 0 aliphatic heterocycles. The normalized spacial score (nSPS) is 14.0. The van der Waals surface area contributed by atoms with Crippen LogP contribution in [-0.2, 0) is 0 Å². The van der Waals surface area contributed by atoms with Gasteiger partial charge in [-0.2, -0.15) is 0 Å². The van der Waals surface area contributed by atoms with E-state index < -0.39 is 10.7 Å². The first-order valence-electron chi connectivity index (χ1n) is 5.70. The van der Waals surface area contributed by atoms with Gasteiger partial charge in [-0.05, 0) is 12.5 Å². The average molecular weight is 256 g/mol. The summed E-state index contributed by atoms with van der Waals surface area (Å²) in [6.07, 6.45) is 0.741. The number of hydrogen-bond acceptors (Lipinski definition) is 4. The molecule has 0 saturated carbocycles. The second-order valence-corrected chi connectivity index (χ2v) is 4.60. The Labute approximate surface area is 105 Å². The highest BCUT2D eigenvalue weighted by Gasteiger charge is 2.21. The number of nitrogens with one attached hydrogen (secondary N) is 1. The summed E-state index contributed by atoms with van der Waals surface area (Å²) in [5.74, 6) is -0.666. The van der Waals surface area contributed by atoms with E-state index in [1.807, 2.05) is 13.8 Å². The average Bonchev–Trinajstić information content (AvgIpc) is 2.36. The van der Waals surface area contributed by atoms with E-state index in [1.54, 1.807) is 0 Å². The third-order valence-corrected chi connectivity index (χ3v) is 3.10. The summed E-state index contributed by atoms with van der Waals surface area (Å²) >= 11 is 0. The van der Waals surface area contributed by atoms with Crippen LogP contribution in [0.3, 0.4) is 0 Å². The molecule has 1 unspecified atom stereocenters. The van der Waals surface area contributed by atoms with Crippen molar-refractivity contribution in [3.05, 3.63) is 34.1 Å². The van der Waals surface area contributed by atoms with Gasteiger partial charge in [0, 0.05) is 18.0 Å². The van der Waals surface area contributed by atoms with Gasteiger partial charge in [-0.15, -0.1) is 0 Å². The van der Waals surface area contributed by atoms with Gasteiger partial charge >= 0.3 is 0 Å². The van der Waals surface area contributed by atoms with Crippen LogP contribution in [0, 0.1) is 21.3 Å². The lowest BCUT2D eigenvalue weighted by Gasteiger charge is -2.26. The van der Waals surface area contributed by atoms with Gasteiger partial charge in [0.2, 0.25) is 0 Å². The highest BCUT2D eigenvalue weighted by atomic mass is 19.1. The lowest BCUT2D eigenvalue weighted by molar-refractivity contribution is -0.385. The minimum Gasteiger partial charge on any atom is -0.396 e. The van der Waals surface area contributed by atoms with Crippen LogP contribution in [0.4, 0.5) is 15.8 Å². The van der Waals surface area contributed by atoms with Crippen molar-refractivity contribution in [3.63, 3.8) is 0 Å². The van der Waals surface area contributed by atoms with Gasteiger partial charge in [-0.3, -0.25) is 10.1 Å². The van der Waals surface area contributed by atoms with Crippen molar-refractivity contribution in [2.45, 2.75) is 20.3 Å². The SMILES string of the molecule is CCC(C)(CO)CNc1ccc([N+](=O)[O-])cc1F. The molecule has 1 aromatic rings. The van der Waals surface area contributed by atoms with Crippen molar-refractivity contribution in [1.82, 2.24) is 0 Å². The molecule has 0 amide bonds. The van der Waals surface area contributed by atoms with E-state index in [0.29, 0.717) is 6.54 Å². The molecule has 0 aromatic heterocycles. The number of nitro groups is 1. The summed E-state index contributed by atoms with van der Waals surface area (Å²) in [5.41, 5.74) is -0.416. The molecule has 0 aliphatic rings. The smallest absolute Gasteiger partial charge is 0.272 e. The monoisotopic (exact) mass is 256 g/mol. The quantitative estimate of drug-likeness (QED) is 0.606. The van der Waals surface area contributed by atoms with Crippen molar-refractivity contribution >= 4 is 11.4 Å². The lowest BCUT2D eigenvalue weighted by atomic mass is 9.88. The van der Waals surface area contributed by atoms with Crippen molar-refractivity contribution in [3.8, 4) is 0 Å². The Kier molecular flexibility index (Phi) is 4.61. The fraction of sp³-hybridized carbons (Fsp3) is 0.500. The predicted molar refractivity (Wildman–Crippen MR) is 67.0 cm³/mol. The maximum Gasteiger partial charge on any atom is 0.272 e. The summed E-state index contributed by atoms with van der Waals surface area (Å²) in [4.78, 5) is 9.82. The molecule has 100 valence electrons. The van der Waals surface area contributed by atoms with Crippen LogP contribution in [0.25, 0.3) is 0 Å². The molecule has 6 heteroatoms. The number of hydrogen-bond donors (Lipinski definition) is 2. The van der Waals surface area contributed by atoms with Crippen LogP contribution in [0.5, 0.6) is 0 Å². The molecular formula is C12H17FN2O3. The summed E-state index contributed by atoms with van der Waals surface area (Å²) in [6.45, 7) is 4.20. The molecule has 2 N–H and O–H groups in total. The van der Waals surface area contributed by atoms with Crippen LogP contribution in [0.2, 0.25) is 0 Å². The first kappa shape index (κ1) is 14.4. The minimum absolute atomic E-state index is 0.00883. The molecule has 0 radical (unpaired) electrons. The largest absolute Gasteiger partial charge is 0.396 e. The van der Waals surface area contributed by atoms with Gasteiger partial charge in [-0.1, -0.05) is 13.8 Å². The molecule has 0 saturated heterocycles. The van der Waals surface area contributed by atoms with Crippen LogP contribution >= 0.6 is 0 Å². The van der Waals surface area contributed by atoms with E-state index in [2.05, 4.69) is 5.32 Å². The van der Waals surface area contributed by atoms with Gasteiger partial charge in [-0.25, -0.2) is 4.39 Å². The van der Waals surface area contributed by atoms with E-state index in [4.69, 9.17) is 0 Å². The number of rotatable bonds is 6. The summed E-state index contributed by atoms with van der Waals surface area (Å²) in [7, 11) is 0. The molecule has 0 aliphatic carbocycles. The number of nitro benzene ring substituents is 1. The maximum atomic E-state index is 13.6. The van der Waals surface area contributed by atoms with Gasteiger partial charge in [0.15, 0.2) is 5.82 Å². The van der Waals surface area contributed by atoms with Crippen molar-refractivity contribution in [2.24, 2.45) is 5.41 Å². The Morgan fingerprint density at radius 3 is 2.67 bits per heavy atom. The molecule has 0 spiro atoms. The van der Waals surface area contributed by atoms with Crippen LogP contribution in [0.1, 0.15) is 20.3 Å². The van der Waals surface area contributed by atoms with Crippen LogP contribution < -0.4 is 5.32 Å². The Morgan fingerprint density at radius 2 is 2.22 bits per heavy atom. The van der Waals surface area contributed by atoms with Crippen molar-refractivity contribution in [1.29, 1.82) is 0 Å². The number of aliphatic hydroxyl groups excluding tert-OH is 1. The van der Waals surface area contributed by atoms with E-state index in [0.717, 1.165) is 12.5 Å². The van der Waals surface area contributed by atoms with Crippen molar-refractivity contribution < 1.29 is 14.4 Å². The highest BCUT2D eigenvalue weighted by molar-refractivity contribution is 5.50. The minimum atomic E-state index is -0.666. The molecule has 1 atom stereocenters. The molecular weight excluding hydrogens is 239 g/mol. The molecule has 18 heavy (non-hydrogen) atoms. The molecule has 0 bridgehead atoms. The summed E-state index contributed by atoms with van der Waals surface area (Å²) in [5, 5.41) is 22.5. The van der Waals surface area contributed by atoms with Crippen molar-refractivity contribution in [2.75, 3.05) is 18.5 Å². The van der Waals surface area contributed by atoms with Crippen LogP contribution in [0.15, 0.2) is 18.2 Å². The number of benzene rings is 1. The van der Waals surface area contributed by atoms with Gasteiger partial charge in [0.25, 0.3) is 5.69 Å². The molecule has 1 rings (SSSR count). The van der Waals surface area contributed by atoms with E-state index in [1.165, 1.54) is 12.1 Å². The Bertz CT molecular complexity index is 433. The summed E-state index contributed by atoms with van der Waals surface area (Å²) in [6, 6.07) is 3.46. The number of halogens is 1. The number of non-ortho nitro benzene ring substituents is 1. The van der Waals surface area contributed by atoms with Gasteiger partial charge < -0.3 is 10.4 Å². The van der Waals surface area contributed by atoms with E-state index in [-0.39, 0.29) is 23.4 Å². The summed E-state index contributed by atoms with van der Waals surface area (Å²) < 4.78 is 13.6. The van der Waals surface area contributed by atoms with Gasteiger partial charge in [0.1, 0.15) is 0 Å². The molecule has 5 nitrogen and oxygen atoms in total. The number of nitrogens with zero attached hydrogens (tertiary/aromatic N) is 1. The Morgan fingerprint density at radius 1 is 1.56 bits per heavy atom. The zero-order valence-electron chi connectivity index (χ0n) is 10.4. The Balaban J connectivity index is 2.77. The fourth-order valence-electron chi connectivity index (χ4n) is 1.36. The number of aliphatic hydroxyl groups is 1. The predicted octanol–water partition coefficient (Wildman–Crippen LogP) is 2.55. The zero-order valence-corrected chi connectivity index (χ0v) is 10.4. The molecule has 1 aromatic carbocycles. The first-order chi connectivity index (χ1) is 8.41. The highest BCUT2D eigenvalue weighted by Crippen LogP contribution is 2.24. The lowest BCUT2D eigenvalue weighted by Crippen LogP contribution is -2.29. The fourth-order valence-corrected chi connectivity index (χ4v) is 1.36. The zero-order chi connectivity index (χ0) is 13.8. The maximum absolute atomic E-state index is 13.6. The first-order valence-corrected chi connectivity index (χ1v) is 5.70. The third kappa shape index (κ3) is 3.40. The molecule has 0 heterocycles. The number of anilines is 1. The molecule has 0 fully saturated rings.